The topological polar surface area (TPSA) is 50.4 Å². The number of guanidine groups is 1. The number of hydrogen-bond acceptors (Lipinski definition) is 1. The molecule has 0 fully saturated rings. The van der Waals surface area contributed by atoms with Gasteiger partial charge in [0.25, 0.3) is 0 Å². The van der Waals surface area contributed by atoms with E-state index in [4.69, 9.17) is 5.73 Å². The number of halogens is 3. The molecule has 14 heavy (non-hydrogen) atoms. The van der Waals surface area contributed by atoms with Gasteiger partial charge in [0.1, 0.15) is 0 Å². The first-order valence-electron chi connectivity index (χ1n) is 4.56. The van der Waals surface area contributed by atoms with Crippen molar-refractivity contribution in [3.8, 4) is 0 Å². The van der Waals surface area contributed by atoms with Crippen molar-refractivity contribution in [1.82, 2.24) is 5.32 Å². The molecule has 0 radical (unpaired) electrons. The zero-order valence-corrected chi connectivity index (χ0v) is 8.19. The maximum absolute atomic E-state index is 11.7. The van der Waals surface area contributed by atoms with Crippen LogP contribution in [0.2, 0.25) is 0 Å². The van der Waals surface area contributed by atoms with Crippen LogP contribution in [0.5, 0.6) is 0 Å². The van der Waals surface area contributed by atoms with Crippen molar-refractivity contribution in [3.63, 3.8) is 0 Å². The van der Waals surface area contributed by atoms with Gasteiger partial charge < -0.3 is 11.1 Å². The number of rotatable bonds is 5. The first-order valence-corrected chi connectivity index (χ1v) is 4.56. The van der Waals surface area contributed by atoms with Crippen molar-refractivity contribution in [3.05, 3.63) is 0 Å². The molecule has 0 spiro atoms. The summed E-state index contributed by atoms with van der Waals surface area (Å²) in [6.07, 6.45) is -4.29. The molecule has 0 saturated heterocycles. The molecule has 0 unspecified atom stereocenters. The van der Waals surface area contributed by atoms with Crippen molar-refractivity contribution < 1.29 is 13.2 Å². The Morgan fingerprint density at radius 2 is 2.00 bits per heavy atom. The van der Waals surface area contributed by atoms with Gasteiger partial charge in [-0.15, -0.1) is 0 Å². The smallest absolute Gasteiger partial charge is 0.370 e. The van der Waals surface area contributed by atoms with E-state index < -0.39 is 12.6 Å². The summed E-state index contributed by atoms with van der Waals surface area (Å²) in [4.78, 5) is 3.85. The Morgan fingerprint density at radius 3 is 2.50 bits per heavy atom. The number of hydrogen-bond donors (Lipinski definition) is 2. The average molecular weight is 211 g/mol. The van der Waals surface area contributed by atoms with Crippen LogP contribution in [0.25, 0.3) is 0 Å². The lowest BCUT2D eigenvalue weighted by Gasteiger charge is -2.04. The zero-order chi connectivity index (χ0) is 11.0. The Bertz CT molecular complexity index is 177. The van der Waals surface area contributed by atoms with Crippen LogP contribution in [0.15, 0.2) is 4.99 Å². The Morgan fingerprint density at radius 1 is 1.36 bits per heavy atom. The van der Waals surface area contributed by atoms with Crippen LogP contribution < -0.4 is 11.1 Å². The predicted octanol–water partition coefficient (Wildman–Crippen LogP) is 1.64. The molecule has 3 nitrogen and oxygen atoms in total. The molecular weight excluding hydrogens is 195 g/mol. The van der Waals surface area contributed by atoms with Crippen molar-refractivity contribution in [2.24, 2.45) is 10.7 Å². The van der Waals surface area contributed by atoms with E-state index in [-0.39, 0.29) is 6.42 Å². The molecule has 0 aliphatic heterocycles. The highest BCUT2D eigenvalue weighted by molar-refractivity contribution is 5.77. The van der Waals surface area contributed by atoms with Gasteiger partial charge in [0.15, 0.2) is 5.96 Å². The third kappa shape index (κ3) is 9.15. The van der Waals surface area contributed by atoms with Crippen LogP contribution in [0.3, 0.4) is 0 Å². The summed E-state index contributed by atoms with van der Waals surface area (Å²) in [6.45, 7) is 2.87. The summed E-state index contributed by atoms with van der Waals surface area (Å²) in [6, 6.07) is 0. The van der Waals surface area contributed by atoms with Crippen molar-refractivity contribution >= 4 is 5.96 Å². The van der Waals surface area contributed by atoms with Crippen molar-refractivity contribution in [2.45, 2.75) is 32.4 Å². The standard InChI is InChI=1S/C8H16F3N3/c1-2-13-7(12)14-6-4-3-5-8(9,10)11/h2-6H2,1H3,(H3,12,13,14). The predicted molar refractivity (Wildman–Crippen MR) is 50.1 cm³/mol. The Labute approximate surface area is 81.6 Å². The number of nitrogens with two attached hydrogens (primary N) is 1. The number of alkyl halides is 3. The highest BCUT2D eigenvalue weighted by atomic mass is 19.4. The normalized spacial score (nSPS) is 13.0. The molecule has 6 heteroatoms. The first kappa shape index (κ1) is 13.1. The minimum atomic E-state index is -4.06. The molecule has 0 amide bonds. The van der Waals surface area contributed by atoms with Crippen molar-refractivity contribution in [2.75, 3.05) is 13.1 Å². The van der Waals surface area contributed by atoms with E-state index in [1.54, 1.807) is 0 Å². The summed E-state index contributed by atoms with van der Waals surface area (Å²) in [7, 11) is 0. The van der Waals surface area contributed by atoms with Crippen LogP contribution in [0.4, 0.5) is 13.2 Å². The third-order valence-corrected chi connectivity index (χ3v) is 1.51. The van der Waals surface area contributed by atoms with Gasteiger partial charge in [0, 0.05) is 19.5 Å². The van der Waals surface area contributed by atoms with Gasteiger partial charge in [0.2, 0.25) is 0 Å². The second-order valence-electron chi connectivity index (χ2n) is 2.87. The number of unbranched alkanes of at least 4 members (excludes halogenated alkanes) is 1. The molecule has 0 atom stereocenters. The second kappa shape index (κ2) is 6.50. The maximum Gasteiger partial charge on any atom is 0.389 e. The van der Waals surface area contributed by atoms with E-state index in [1.807, 2.05) is 6.92 Å². The first-order chi connectivity index (χ1) is 6.45. The molecule has 0 aromatic heterocycles. The van der Waals surface area contributed by atoms with Gasteiger partial charge >= 0.3 is 6.18 Å². The lowest BCUT2D eigenvalue weighted by atomic mass is 10.2. The van der Waals surface area contributed by atoms with Crippen molar-refractivity contribution in [1.29, 1.82) is 0 Å². The van der Waals surface area contributed by atoms with E-state index in [1.165, 1.54) is 0 Å². The molecular formula is C8H16F3N3. The third-order valence-electron chi connectivity index (χ3n) is 1.51. The monoisotopic (exact) mass is 211 g/mol. The number of nitrogens with zero attached hydrogens (tertiary/aromatic N) is 1. The molecule has 0 aliphatic carbocycles. The average Bonchev–Trinajstić information content (AvgIpc) is 2.02. The highest BCUT2D eigenvalue weighted by Crippen LogP contribution is 2.21. The SMILES string of the molecule is CCNC(N)=NCCCCC(F)(F)F. The Kier molecular flexibility index (Phi) is 6.07. The summed E-state index contributed by atoms with van der Waals surface area (Å²) >= 11 is 0. The Balaban J connectivity index is 3.42. The van der Waals surface area contributed by atoms with E-state index in [0.717, 1.165) is 0 Å². The fraction of sp³-hybridized carbons (Fsp3) is 0.875. The van der Waals surface area contributed by atoms with Crippen LogP contribution >= 0.6 is 0 Å². The molecule has 3 N–H and O–H groups in total. The van der Waals surface area contributed by atoms with Gasteiger partial charge in [-0.2, -0.15) is 13.2 Å². The summed E-state index contributed by atoms with van der Waals surface area (Å²) in [5.74, 6) is 0.291. The molecule has 0 saturated carbocycles. The van der Waals surface area contributed by atoms with Gasteiger partial charge in [0.05, 0.1) is 0 Å². The summed E-state index contributed by atoms with van der Waals surface area (Å²) in [5, 5.41) is 2.76. The molecule has 0 heterocycles. The van der Waals surface area contributed by atoms with Gasteiger partial charge in [-0.25, -0.2) is 0 Å². The fourth-order valence-corrected chi connectivity index (χ4v) is 0.874. The van der Waals surface area contributed by atoms with Crippen LogP contribution in [-0.2, 0) is 0 Å². The van der Waals surface area contributed by atoms with Gasteiger partial charge in [-0.1, -0.05) is 0 Å². The Hall–Kier alpha value is -0.940. The van der Waals surface area contributed by atoms with E-state index >= 15 is 0 Å². The van der Waals surface area contributed by atoms with E-state index in [2.05, 4.69) is 10.3 Å². The molecule has 84 valence electrons. The lowest BCUT2D eigenvalue weighted by Crippen LogP contribution is -2.31. The van der Waals surface area contributed by atoms with E-state index in [0.29, 0.717) is 25.5 Å². The van der Waals surface area contributed by atoms with Gasteiger partial charge in [-0.05, 0) is 19.8 Å². The van der Waals surface area contributed by atoms with Crippen LogP contribution in [0.1, 0.15) is 26.2 Å². The molecule has 0 aliphatic rings. The second-order valence-corrected chi connectivity index (χ2v) is 2.87. The summed E-state index contributed by atoms with van der Waals surface area (Å²) < 4.78 is 35.1. The van der Waals surface area contributed by atoms with Crippen LogP contribution in [0, 0.1) is 0 Å². The molecule has 0 aromatic carbocycles. The quantitative estimate of drug-likeness (QED) is 0.412. The fourth-order valence-electron chi connectivity index (χ4n) is 0.874. The largest absolute Gasteiger partial charge is 0.389 e. The summed E-state index contributed by atoms with van der Waals surface area (Å²) in [5.41, 5.74) is 5.37. The minimum absolute atomic E-state index is 0.104. The number of aliphatic imine (C=N–C) groups is 1. The maximum atomic E-state index is 11.7. The molecule has 0 bridgehead atoms. The lowest BCUT2D eigenvalue weighted by molar-refractivity contribution is -0.135. The number of nitrogens with one attached hydrogen (secondary N) is 1. The minimum Gasteiger partial charge on any atom is -0.370 e. The zero-order valence-electron chi connectivity index (χ0n) is 8.19. The van der Waals surface area contributed by atoms with Crippen LogP contribution in [-0.4, -0.2) is 25.2 Å². The molecule has 0 rings (SSSR count). The van der Waals surface area contributed by atoms with E-state index in [9.17, 15) is 13.2 Å². The van der Waals surface area contributed by atoms with Gasteiger partial charge in [-0.3, -0.25) is 4.99 Å². The molecule has 0 aromatic rings. The highest BCUT2D eigenvalue weighted by Gasteiger charge is 2.25.